The number of nitrogens with zero attached hydrogens (tertiary/aromatic N) is 5. The highest BCUT2D eigenvalue weighted by Crippen LogP contribution is 2.40. The maximum Gasteiger partial charge on any atom is 0.274 e. The van der Waals surface area contributed by atoms with Crippen LogP contribution >= 0.6 is 0 Å². The van der Waals surface area contributed by atoms with E-state index in [0.29, 0.717) is 58.6 Å². The Morgan fingerprint density at radius 2 is 2.00 bits per heavy atom. The summed E-state index contributed by atoms with van der Waals surface area (Å²) in [5.41, 5.74) is 5.91. The molecule has 9 heteroatoms. The molecule has 6 rings (SSSR count). The number of anilines is 2. The SMILES string of the molecule is C=C(/C(CO)=C(\C=C/C)c1cc(Nc2ccnc(C3CC3)n2)c(=O)n(C)c1)N1CCn2c(cc3c2CC(C)(C)C3)C1=O. The molecule has 3 aliphatic rings. The molecule has 0 unspecified atom stereocenters. The minimum absolute atomic E-state index is 0.109. The zero-order valence-electron chi connectivity index (χ0n) is 24.8. The normalized spacial score (nSPS) is 18.2. The smallest absolute Gasteiger partial charge is 0.274 e. The van der Waals surface area contributed by atoms with Gasteiger partial charge in [0.1, 0.15) is 23.0 Å². The van der Waals surface area contributed by atoms with Crippen molar-refractivity contribution in [1.82, 2.24) is 24.0 Å². The van der Waals surface area contributed by atoms with E-state index < -0.39 is 0 Å². The Hall–Kier alpha value is -4.24. The summed E-state index contributed by atoms with van der Waals surface area (Å²) in [6.45, 7) is 11.5. The van der Waals surface area contributed by atoms with E-state index in [0.717, 1.165) is 31.5 Å². The summed E-state index contributed by atoms with van der Waals surface area (Å²) in [4.78, 5) is 37.5. The number of nitrogens with one attached hydrogen (secondary N) is 1. The lowest BCUT2D eigenvalue weighted by Crippen LogP contribution is -2.40. The summed E-state index contributed by atoms with van der Waals surface area (Å²) < 4.78 is 3.67. The van der Waals surface area contributed by atoms with Crippen LogP contribution in [0.4, 0.5) is 11.5 Å². The second-order valence-electron chi connectivity index (χ2n) is 12.4. The van der Waals surface area contributed by atoms with Crippen LogP contribution in [0.1, 0.15) is 72.7 Å². The van der Waals surface area contributed by atoms with Gasteiger partial charge in [-0.1, -0.05) is 32.6 Å². The molecule has 218 valence electrons. The maximum atomic E-state index is 13.8. The third kappa shape index (κ3) is 5.02. The summed E-state index contributed by atoms with van der Waals surface area (Å²) in [6.07, 6.45) is 11.3. The van der Waals surface area contributed by atoms with Gasteiger partial charge in [-0.05, 0) is 67.4 Å². The molecule has 1 fully saturated rings. The number of aromatic nitrogens is 4. The molecule has 0 aromatic carbocycles. The average Bonchev–Trinajstić information content (AvgIpc) is 3.69. The Labute approximate surface area is 245 Å². The van der Waals surface area contributed by atoms with Crippen molar-refractivity contribution < 1.29 is 9.90 Å². The monoisotopic (exact) mass is 566 g/mol. The van der Waals surface area contributed by atoms with E-state index in [9.17, 15) is 14.7 Å². The molecule has 42 heavy (non-hydrogen) atoms. The Morgan fingerprint density at radius 1 is 1.21 bits per heavy atom. The first-order valence-electron chi connectivity index (χ1n) is 14.6. The summed E-state index contributed by atoms with van der Waals surface area (Å²) in [7, 11) is 1.69. The average molecular weight is 567 g/mol. The molecule has 0 atom stereocenters. The van der Waals surface area contributed by atoms with E-state index in [4.69, 9.17) is 0 Å². The minimum atomic E-state index is -0.323. The summed E-state index contributed by atoms with van der Waals surface area (Å²) >= 11 is 0. The van der Waals surface area contributed by atoms with E-state index in [1.54, 1.807) is 36.5 Å². The van der Waals surface area contributed by atoms with E-state index in [1.807, 2.05) is 25.1 Å². The summed E-state index contributed by atoms with van der Waals surface area (Å²) in [6, 6.07) is 5.54. The predicted molar refractivity (Wildman–Crippen MR) is 164 cm³/mol. The van der Waals surface area contributed by atoms with Gasteiger partial charge in [-0.3, -0.25) is 9.59 Å². The quantitative estimate of drug-likeness (QED) is 0.383. The summed E-state index contributed by atoms with van der Waals surface area (Å²) in [5, 5.41) is 13.8. The molecule has 4 heterocycles. The zero-order valence-corrected chi connectivity index (χ0v) is 24.8. The van der Waals surface area contributed by atoms with Gasteiger partial charge in [0.15, 0.2) is 0 Å². The van der Waals surface area contributed by atoms with Gasteiger partial charge in [-0.2, -0.15) is 0 Å². The third-order valence-corrected chi connectivity index (χ3v) is 8.49. The molecule has 0 bridgehead atoms. The van der Waals surface area contributed by atoms with Gasteiger partial charge in [0.25, 0.3) is 11.5 Å². The fraction of sp³-hybridized carbons (Fsp3) is 0.394. The number of allylic oxidation sites excluding steroid dienone is 3. The van der Waals surface area contributed by atoms with Crippen molar-refractivity contribution in [2.45, 2.75) is 58.9 Å². The van der Waals surface area contributed by atoms with Crippen molar-refractivity contribution >= 4 is 23.0 Å². The number of carbonyl (C=O) groups excluding carboxylic acids is 1. The van der Waals surface area contributed by atoms with Gasteiger partial charge >= 0.3 is 0 Å². The lowest BCUT2D eigenvalue weighted by Gasteiger charge is -2.32. The number of hydrogen-bond donors (Lipinski definition) is 2. The van der Waals surface area contributed by atoms with Crippen molar-refractivity contribution in [3.63, 3.8) is 0 Å². The fourth-order valence-electron chi connectivity index (χ4n) is 6.27. The molecular formula is C33H38N6O3. The van der Waals surface area contributed by atoms with E-state index >= 15 is 0 Å². The largest absolute Gasteiger partial charge is 0.392 e. The first kappa shape index (κ1) is 27.9. The number of rotatable bonds is 8. The summed E-state index contributed by atoms with van der Waals surface area (Å²) in [5.74, 6) is 1.62. The first-order chi connectivity index (χ1) is 20.1. The van der Waals surface area contributed by atoms with Gasteiger partial charge in [-0.25, -0.2) is 9.97 Å². The van der Waals surface area contributed by atoms with Crippen LogP contribution in [0.2, 0.25) is 0 Å². The number of amides is 1. The van der Waals surface area contributed by atoms with E-state index in [2.05, 4.69) is 40.3 Å². The second kappa shape index (κ2) is 10.5. The van der Waals surface area contributed by atoms with Gasteiger partial charge in [0.05, 0.1) is 6.61 Å². The van der Waals surface area contributed by atoms with Crippen LogP contribution < -0.4 is 10.9 Å². The number of hydrogen-bond acceptors (Lipinski definition) is 6. The Morgan fingerprint density at radius 3 is 2.71 bits per heavy atom. The predicted octanol–water partition coefficient (Wildman–Crippen LogP) is 4.71. The molecule has 1 amide bonds. The van der Waals surface area contributed by atoms with Gasteiger partial charge in [0.2, 0.25) is 0 Å². The van der Waals surface area contributed by atoms with Crippen LogP contribution in [0.25, 0.3) is 5.57 Å². The molecule has 0 saturated heterocycles. The topological polar surface area (TPSA) is 105 Å². The highest BCUT2D eigenvalue weighted by Gasteiger charge is 2.37. The molecular weight excluding hydrogens is 528 g/mol. The zero-order chi connectivity index (χ0) is 29.8. The van der Waals surface area contributed by atoms with Crippen LogP contribution in [0.15, 0.2) is 65.4 Å². The van der Waals surface area contributed by atoms with E-state index in [1.165, 1.54) is 15.8 Å². The van der Waals surface area contributed by atoms with Crippen LogP contribution in [0.3, 0.4) is 0 Å². The fourth-order valence-corrected chi connectivity index (χ4v) is 6.27. The van der Waals surface area contributed by atoms with Crippen molar-refractivity contribution in [3.8, 4) is 0 Å². The highest BCUT2D eigenvalue weighted by atomic mass is 16.3. The molecule has 2 aliphatic carbocycles. The molecule has 0 spiro atoms. The number of carbonyl (C=O) groups is 1. The Balaban J connectivity index is 1.34. The van der Waals surface area contributed by atoms with Crippen LogP contribution in [-0.4, -0.2) is 48.2 Å². The standard InChI is InChI=1S/C33H38N6O3/c1-6-7-24(23-14-26(31(41)37(5)18-23)35-29-10-11-34-30(36-29)21-8-9-21)25(19-40)20(2)38-12-13-39-27(32(38)42)15-22-16-33(3,4)17-28(22)39/h6-7,10-11,14-15,18,21,40H,2,8-9,12-13,16-17,19H2,1,3-5H3,(H,34,35,36)/b7-6-,25-24+. The van der Waals surface area contributed by atoms with Crippen molar-refractivity contribution in [1.29, 1.82) is 0 Å². The molecule has 9 nitrogen and oxygen atoms in total. The van der Waals surface area contributed by atoms with E-state index in [-0.39, 0.29) is 23.5 Å². The molecule has 1 saturated carbocycles. The molecule has 3 aromatic heterocycles. The Kier molecular flexibility index (Phi) is 7.01. The minimum Gasteiger partial charge on any atom is -0.392 e. The van der Waals surface area contributed by atoms with Gasteiger partial charge < -0.3 is 24.5 Å². The molecule has 0 radical (unpaired) electrons. The first-order valence-corrected chi connectivity index (χ1v) is 14.6. The van der Waals surface area contributed by atoms with Crippen LogP contribution in [0.5, 0.6) is 0 Å². The maximum absolute atomic E-state index is 13.8. The second-order valence-corrected chi connectivity index (χ2v) is 12.4. The van der Waals surface area contributed by atoms with Crippen molar-refractivity contribution in [2.24, 2.45) is 12.5 Å². The molecule has 1 aliphatic heterocycles. The highest BCUT2D eigenvalue weighted by molar-refractivity contribution is 5.96. The van der Waals surface area contributed by atoms with Crippen molar-refractivity contribution in [2.75, 3.05) is 18.5 Å². The van der Waals surface area contributed by atoms with Crippen LogP contribution in [0, 0.1) is 5.41 Å². The molecule has 2 N–H and O–H groups in total. The van der Waals surface area contributed by atoms with Crippen molar-refractivity contribution in [3.05, 3.63) is 99.3 Å². The van der Waals surface area contributed by atoms with Gasteiger partial charge in [-0.15, -0.1) is 0 Å². The Bertz CT molecular complexity index is 1720. The number of pyridine rings is 1. The lowest BCUT2D eigenvalue weighted by molar-refractivity contribution is 0.0761. The molecule has 3 aromatic rings. The van der Waals surface area contributed by atoms with Gasteiger partial charge in [0, 0.05) is 61.0 Å². The number of aliphatic hydroxyl groups excluding tert-OH is 1. The third-order valence-electron chi connectivity index (χ3n) is 8.49. The number of fused-ring (bicyclic) bond motifs is 3. The van der Waals surface area contributed by atoms with Crippen LogP contribution in [-0.2, 0) is 26.4 Å². The number of aryl methyl sites for hydroxylation is 1. The number of aliphatic hydroxyl groups is 1. The lowest BCUT2D eigenvalue weighted by atomic mass is 9.90.